The molecule has 23 heavy (non-hydrogen) atoms. The molecule has 0 radical (unpaired) electrons. The number of aromatic nitrogens is 3. The molecule has 0 amide bonds. The largest absolute Gasteiger partial charge is 0.351 e. The van der Waals surface area contributed by atoms with Gasteiger partial charge < -0.3 is 4.90 Å². The highest BCUT2D eigenvalue weighted by molar-refractivity contribution is 7.09. The number of nitrogens with zero attached hydrogens (tertiary/aromatic N) is 5. The van der Waals surface area contributed by atoms with Gasteiger partial charge in [0.2, 0.25) is 0 Å². The summed E-state index contributed by atoms with van der Waals surface area (Å²) in [5.74, 6) is 1.00. The Hall–Kier alpha value is -1.53. The van der Waals surface area contributed by atoms with Gasteiger partial charge in [0.1, 0.15) is 0 Å². The third kappa shape index (κ3) is 4.26. The van der Waals surface area contributed by atoms with Crippen LogP contribution in [0.15, 0.2) is 23.7 Å². The van der Waals surface area contributed by atoms with Crippen LogP contribution in [0, 0.1) is 0 Å². The predicted octanol–water partition coefficient (Wildman–Crippen LogP) is 2.99. The van der Waals surface area contributed by atoms with Crippen LogP contribution in [0.1, 0.15) is 36.9 Å². The minimum Gasteiger partial charge on any atom is -0.351 e. The molecule has 3 rings (SSSR count). The number of hydrogen-bond acceptors (Lipinski definition) is 6. The summed E-state index contributed by atoms with van der Waals surface area (Å²) in [4.78, 5) is 9.51. The Morgan fingerprint density at radius 3 is 3.13 bits per heavy atom. The van der Waals surface area contributed by atoms with Crippen molar-refractivity contribution >= 4 is 17.2 Å². The number of rotatable bonds is 7. The van der Waals surface area contributed by atoms with Crippen LogP contribution in [-0.4, -0.2) is 46.3 Å². The first-order chi connectivity index (χ1) is 11.3. The van der Waals surface area contributed by atoms with Gasteiger partial charge in [-0.1, -0.05) is 6.92 Å². The average molecular weight is 331 g/mol. The zero-order valence-corrected chi connectivity index (χ0v) is 14.8. The van der Waals surface area contributed by atoms with E-state index in [9.17, 15) is 0 Å². The van der Waals surface area contributed by atoms with Crippen LogP contribution in [0.25, 0.3) is 0 Å². The molecule has 2 aromatic heterocycles. The van der Waals surface area contributed by atoms with E-state index in [1.165, 1.54) is 23.5 Å². The Kier molecular flexibility index (Phi) is 5.56. The van der Waals surface area contributed by atoms with Crippen LogP contribution < -0.4 is 4.90 Å². The summed E-state index contributed by atoms with van der Waals surface area (Å²) in [6, 6.07) is 4.54. The van der Waals surface area contributed by atoms with Crippen LogP contribution >= 0.6 is 11.3 Å². The fourth-order valence-corrected chi connectivity index (χ4v) is 4.12. The first-order valence-corrected chi connectivity index (χ1v) is 9.30. The van der Waals surface area contributed by atoms with Crippen molar-refractivity contribution in [1.29, 1.82) is 0 Å². The van der Waals surface area contributed by atoms with Crippen LogP contribution in [0.3, 0.4) is 0 Å². The molecule has 1 fully saturated rings. The van der Waals surface area contributed by atoms with Crippen molar-refractivity contribution in [3.05, 3.63) is 34.4 Å². The molecule has 0 aromatic carbocycles. The summed E-state index contributed by atoms with van der Waals surface area (Å²) in [7, 11) is 2.19. The number of hydrogen-bond donors (Lipinski definition) is 0. The maximum absolute atomic E-state index is 4.73. The van der Waals surface area contributed by atoms with E-state index in [0.29, 0.717) is 6.04 Å². The molecule has 0 aliphatic carbocycles. The molecule has 0 spiro atoms. The highest BCUT2D eigenvalue weighted by atomic mass is 32.1. The predicted molar refractivity (Wildman–Crippen MR) is 94.8 cm³/mol. The Balaban J connectivity index is 1.57. The Bertz CT molecular complexity index is 600. The number of anilines is 1. The molecule has 1 aliphatic rings. The first-order valence-electron chi connectivity index (χ1n) is 8.42. The zero-order chi connectivity index (χ0) is 16.1. The smallest absolute Gasteiger partial charge is 0.151 e. The normalized spacial score (nSPS) is 18.0. The lowest BCUT2D eigenvalue weighted by Crippen LogP contribution is -2.39. The fraction of sp³-hybridized carbons (Fsp3) is 0.588. The molecular weight excluding hydrogens is 306 g/mol. The molecule has 1 aliphatic heterocycles. The van der Waals surface area contributed by atoms with Gasteiger partial charge in [0.15, 0.2) is 5.82 Å². The zero-order valence-electron chi connectivity index (χ0n) is 14.0. The molecule has 1 atom stereocenters. The second-order valence-electron chi connectivity index (χ2n) is 6.25. The summed E-state index contributed by atoms with van der Waals surface area (Å²) in [6.45, 7) is 5.24. The number of likely N-dealkylation sites (N-methyl/N-ethyl adjacent to an activating group) is 1. The minimum absolute atomic E-state index is 0.519. The molecule has 2 aromatic rings. The maximum Gasteiger partial charge on any atom is 0.151 e. The standard InChI is InChI=1S/C17H25N5S/c1-3-6-17-19-14(13-23-17)11-21(2)12-15-7-5-10-22(15)16-8-4-9-18-20-16/h4,8-9,13,15H,3,5-7,10-12H2,1-2H3/t15-/m0/s1. The van der Waals surface area contributed by atoms with Crippen molar-refractivity contribution in [2.24, 2.45) is 0 Å². The van der Waals surface area contributed by atoms with E-state index >= 15 is 0 Å². The van der Waals surface area contributed by atoms with Gasteiger partial charge in [-0.15, -0.1) is 16.4 Å². The van der Waals surface area contributed by atoms with Crippen LogP contribution in [0.2, 0.25) is 0 Å². The van der Waals surface area contributed by atoms with Crippen molar-refractivity contribution in [3.8, 4) is 0 Å². The molecule has 0 unspecified atom stereocenters. The van der Waals surface area contributed by atoms with Crippen LogP contribution in [0.5, 0.6) is 0 Å². The van der Waals surface area contributed by atoms with Gasteiger partial charge >= 0.3 is 0 Å². The molecule has 5 nitrogen and oxygen atoms in total. The van der Waals surface area contributed by atoms with Gasteiger partial charge in [0, 0.05) is 37.3 Å². The Labute approximate surface area is 142 Å². The summed E-state index contributed by atoms with van der Waals surface area (Å²) >= 11 is 1.79. The van der Waals surface area contributed by atoms with Gasteiger partial charge in [-0.05, 0) is 44.9 Å². The van der Waals surface area contributed by atoms with E-state index in [2.05, 4.69) is 45.4 Å². The third-order valence-electron chi connectivity index (χ3n) is 4.25. The van der Waals surface area contributed by atoms with Crippen LogP contribution in [0.4, 0.5) is 5.82 Å². The fourth-order valence-electron chi connectivity index (χ4n) is 3.22. The molecule has 0 saturated carbocycles. The summed E-state index contributed by atoms with van der Waals surface area (Å²) in [6.07, 6.45) is 6.44. The molecule has 0 N–H and O–H groups in total. The van der Waals surface area contributed by atoms with E-state index in [0.717, 1.165) is 38.3 Å². The first kappa shape index (κ1) is 16.3. The van der Waals surface area contributed by atoms with Gasteiger partial charge in [0.05, 0.1) is 10.7 Å². The minimum atomic E-state index is 0.519. The molecule has 6 heteroatoms. The van der Waals surface area contributed by atoms with Gasteiger partial charge in [-0.2, -0.15) is 5.10 Å². The van der Waals surface area contributed by atoms with Gasteiger partial charge in [-0.3, -0.25) is 4.90 Å². The summed E-state index contributed by atoms with van der Waals surface area (Å²) in [5.41, 5.74) is 1.20. The van der Waals surface area contributed by atoms with E-state index in [1.54, 1.807) is 17.5 Å². The van der Waals surface area contributed by atoms with Crippen molar-refractivity contribution < 1.29 is 0 Å². The second kappa shape index (κ2) is 7.84. The lowest BCUT2D eigenvalue weighted by Gasteiger charge is -2.28. The molecule has 1 saturated heterocycles. The summed E-state index contributed by atoms with van der Waals surface area (Å²) in [5, 5.41) is 11.8. The van der Waals surface area contributed by atoms with E-state index in [4.69, 9.17) is 4.98 Å². The van der Waals surface area contributed by atoms with E-state index in [1.807, 2.05) is 6.07 Å². The summed E-state index contributed by atoms with van der Waals surface area (Å²) < 4.78 is 0. The molecule has 3 heterocycles. The van der Waals surface area contributed by atoms with Crippen molar-refractivity contribution in [1.82, 2.24) is 20.1 Å². The third-order valence-corrected chi connectivity index (χ3v) is 5.20. The SMILES string of the molecule is CCCc1nc(CN(C)C[C@@H]2CCCN2c2cccnn2)cs1. The van der Waals surface area contributed by atoms with Gasteiger partial charge in [-0.25, -0.2) is 4.98 Å². The topological polar surface area (TPSA) is 45.2 Å². The quantitative estimate of drug-likeness (QED) is 0.780. The van der Waals surface area contributed by atoms with Crippen molar-refractivity contribution in [2.75, 3.05) is 25.0 Å². The maximum atomic E-state index is 4.73. The van der Waals surface area contributed by atoms with Crippen molar-refractivity contribution in [2.45, 2.75) is 45.2 Å². The second-order valence-corrected chi connectivity index (χ2v) is 7.19. The number of aryl methyl sites for hydroxylation is 1. The Morgan fingerprint density at radius 2 is 2.35 bits per heavy atom. The molecule has 124 valence electrons. The monoisotopic (exact) mass is 331 g/mol. The molecule has 0 bridgehead atoms. The average Bonchev–Trinajstić information content (AvgIpc) is 3.18. The lowest BCUT2D eigenvalue weighted by molar-refractivity contribution is 0.300. The van der Waals surface area contributed by atoms with Crippen LogP contribution in [-0.2, 0) is 13.0 Å². The van der Waals surface area contributed by atoms with E-state index in [-0.39, 0.29) is 0 Å². The molecular formula is C17H25N5S. The van der Waals surface area contributed by atoms with Gasteiger partial charge in [0.25, 0.3) is 0 Å². The lowest BCUT2D eigenvalue weighted by atomic mass is 10.2. The van der Waals surface area contributed by atoms with Crippen molar-refractivity contribution in [3.63, 3.8) is 0 Å². The highest BCUT2D eigenvalue weighted by Gasteiger charge is 2.26. The Morgan fingerprint density at radius 1 is 1.43 bits per heavy atom. The van der Waals surface area contributed by atoms with E-state index < -0.39 is 0 Å². The number of thiazole rings is 1. The highest BCUT2D eigenvalue weighted by Crippen LogP contribution is 2.24.